The molecule has 0 amide bonds. The van der Waals surface area contributed by atoms with Crippen molar-refractivity contribution < 1.29 is 34.4 Å². The van der Waals surface area contributed by atoms with Gasteiger partial charge in [0, 0.05) is 0 Å². The van der Waals surface area contributed by atoms with Crippen LogP contribution >= 0.6 is 0 Å². The van der Waals surface area contributed by atoms with Crippen LogP contribution in [-0.4, -0.2) is 58.7 Å². The van der Waals surface area contributed by atoms with Gasteiger partial charge in [0.1, 0.15) is 18.8 Å². The van der Waals surface area contributed by atoms with E-state index < -0.39 is 48.3 Å². The van der Waals surface area contributed by atoms with Gasteiger partial charge in [-0.25, -0.2) is 4.79 Å². The fourth-order valence-corrected chi connectivity index (χ4v) is 1.97. The normalized spacial score (nSPS) is 28.4. The third-order valence-electron chi connectivity index (χ3n) is 3.03. The molecule has 0 unspecified atom stereocenters. The molecule has 0 aromatic heterocycles. The second-order valence-corrected chi connectivity index (χ2v) is 4.41. The van der Waals surface area contributed by atoms with E-state index in [2.05, 4.69) is 10.1 Å². The van der Waals surface area contributed by atoms with E-state index in [-0.39, 0.29) is 0 Å². The molecule has 2 aliphatic heterocycles. The van der Waals surface area contributed by atoms with Crippen molar-refractivity contribution >= 4 is 11.9 Å². The molecule has 1 fully saturated rings. The topological polar surface area (TPSA) is 125 Å². The zero-order valence-electron chi connectivity index (χ0n) is 10.0. The highest BCUT2D eigenvalue weighted by molar-refractivity contribution is 5.89. The van der Waals surface area contributed by atoms with E-state index in [0.717, 1.165) is 13.0 Å². The van der Waals surface area contributed by atoms with Gasteiger partial charge < -0.3 is 30.1 Å². The van der Waals surface area contributed by atoms with Crippen LogP contribution in [0.3, 0.4) is 0 Å². The summed E-state index contributed by atoms with van der Waals surface area (Å²) in [6.45, 7) is 0.298. The number of aliphatic hydroxyl groups is 3. The van der Waals surface area contributed by atoms with Gasteiger partial charge in [0.15, 0.2) is 11.9 Å². The van der Waals surface area contributed by atoms with Crippen molar-refractivity contribution in [3.8, 4) is 0 Å². The summed E-state index contributed by atoms with van der Waals surface area (Å²) in [5.74, 6) is -3.32. The standard InChI is InChI=1S/C11H15NO7/c13-6(9-7(14)8(15)11(17)19-9)4-18-10(16)5-2-1-3-12-5/h5-6,9,12-15H,1-4H2/t5-,6-,9+/m0/s1. The van der Waals surface area contributed by atoms with Gasteiger partial charge in [-0.3, -0.25) is 4.79 Å². The fourth-order valence-electron chi connectivity index (χ4n) is 1.97. The van der Waals surface area contributed by atoms with Gasteiger partial charge in [-0.1, -0.05) is 0 Å². The number of rotatable bonds is 4. The Morgan fingerprint density at radius 1 is 1.53 bits per heavy atom. The molecule has 2 rings (SSSR count). The van der Waals surface area contributed by atoms with E-state index in [9.17, 15) is 19.8 Å². The van der Waals surface area contributed by atoms with Crippen molar-refractivity contribution in [3.63, 3.8) is 0 Å². The maximum atomic E-state index is 11.5. The lowest BCUT2D eigenvalue weighted by Gasteiger charge is -2.18. The maximum absolute atomic E-state index is 11.5. The van der Waals surface area contributed by atoms with Crippen LogP contribution in [0.25, 0.3) is 0 Å². The molecule has 2 heterocycles. The zero-order valence-corrected chi connectivity index (χ0v) is 10.0. The third kappa shape index (κ3) is 2.79. The van der Waals surface area contributed by atoms with Crippen LogP contribution in [0.5, 0.6) is 0 Å². The summed E-state index contributed by atoms with van der Waals surface area (Å²) in [6, 6.07) is -0.393. The molecule has 3 atom stereocenters. The average Bonchev–Trinajstić information content (AvgIpc) is 3.00. The molecule has 0 aromatic carbocycles. The number of nitrogens with one attached hydrogen (secondary N) is 1. The molecule has 8 nitrogen and oxygen atoms in total. The number of aliphatic hydroxyl groups excluding tert-OH is 3. The zero-order chi connectivity index (χ0) is 14.0. The summed E-state index contributed by atoms with van der Waals surface area (Å²) in [6.07, 6.45) is -1.30. The molecule has 106 valence electrons. The van der Waals surface area contributed by atoms with Crippen LogP contribution in [0.1, 0.15) is 12.8 Å². The van der Waals surface area contributed by atoms with E-state index in [1.54, 1.807) is 0 Å². The van der Waals surface area contributed by atoms with Crippen LogP contribution in [-0.2, 0) is 19.1 Å². The Bertz CT molecular complexity index is 413. The van der Waals surface area contributed by atoms with E-state index >= 15 is 0 Å². The van der Waals surface area contributed by atoms with E-state index in [1.807, 2.05) is 0 Å². The van der Waals surface area contributed by atoms with Crippen molar-refractivity contribution in [2.24, 2.45) is 0 Å². The van der Waals surface area contributed by atoms with Crippen molar-refractivity contribution in [1.29, 1.82) is 0 Å². The smallest absolute Gasteiger partial charge is 0.377 e. The summed E-state index contributed by atoms with van der Waals surface area (Å²) in [5.41, 5.74) is 0. The second-order valence-electron chi connectivity index (χ2n) is 4.41. The Kier molecular flexibility index (Phi) is 3.91. The number of carbonyl (C=O) groups is 2. The van der Waals surface area contributed by atoms with Gasteiger partial charge in [0.25, 0.3) is 0 Å². The highest BCUT2D eigenvalue weighted by atomic mass is 16.6. The van der Waals surface area contributed by atoms with E-state index in [0.29, 0.717) is 6.42 Å². The second kappa shape index (κ2) is 5.45. The van der Waals surface area contributed by atoms with Crippen LogP contribution < -0.4 is 5.32 Å². The lowest BCUT2D eigenvalue weighted by Crippen LogP contribution is -2.38. The first-order valence-electron chi connectivity index (χ1n) is 5.92. The minimum atomic E-state index is -1.43. The van der Waals surface area contributed by atoms with Crippen LogP contribution in [0.15, 0.2) is 11.5 Å². The molecule has 2 aliphatic rings. The summed E-state index contributed by atoms with van der Waals surface area (Å²) in [5, 5.41) is 31.0. The number of hydrogen-bond donors (Lipinski definition) is 4. The molecule has 1 saturated heterocycles. The van der Waals surface area contributed by atoms with Crippen LogP contribution in [0.2, 0.25) is 0 Å². The molecule has 0 saturated carbocycles. The maximum Gasteiger partial charge on any atom is 0.377 e. The first kappa shape index (κ1) is 13.6. The van der Waals surface area contributed by atoms with Crippen molar-refractivity contribution in [1.82, 2.24) is 5.32 Å². The van der Waals surface area contributed by atoms with Crippen LogP contribution in [0, 0.1) is 0 Å². The first-order valence-corrected chi connectivity index (χ1v) is 5.92. The Balaban J connectivity index is 1.83. The molecule has 0 radical (unpaired) electrons. The fraction of sp³-hybridized carbons (Fsp3) is 0.636. The average molecular weight is 273 g/mol. The highest BCUT2D eigenvalue weighted by Crippen LogP contribution is 2.21. The molecule has 0 bridgehead atoms. The van der Waals surface area contributed by atoms with E-state index in [4.69, 9.17) is 9.84 Å². The first-order chi connectivity index (χ1) is 9.00. The van der Waals surface area contributed by atoms with E-state index in [1.165, 1.54) is 0 Å². The van der Waals surface area contributed by atoms with Gasteiger partial charge in [-0.2, -0.15) is 0 Å². The Morgan fingerprint density at radius 2 is 2.26 bits per heavy atom. The molecule has 4 N–H and O–H groups in total. The largest absolute Gasteiger partial charge is 0.505 e. The summed E-state index contributed by atoms with van der Waals surface area (Å²) >= 11 is 0. The molecule has 19 heavy (non-hydrogen) atoms. The monoisotopic (exact) mass is 273 g/mol. The molecule has 0 aliphatic carbocycles. The number of cyclic esters (lactones) is 1. The Hall–Kier alpha value is -1.80. The van der Waals surface area contributed by atoms with Crippen molar-refractivity contribution in [2.75, 3.05) is 13.2 Å². The summed E-state index contributed by atoms with van der Waals surface area (Å²) in [7, 11) is 0. The highest BCUT2D eigenvalue weighted by Gasteiger charge is 2.40. The quantitative estimate of drug-likeness (QED) is 0.475. The van der Waals surface area contributed by atoms with Crippen molar-refractivity contribution in [2.45, 2.75) is 31.1 Å². The Morgan fingerprint density at radius 3 is 2.79 bits per heavy atom. The van der Waals surface area contributed by atoms with Gasteiger partial charge in [-0.15, -0.1) is 0 Å². The van der Waals surface area contributed by atoms with Gasteiger partial charge in [0.2, 0.25) is 5.76 Å². The molecule has 8 heteroatoms. The summed E-state index contributed by atoms with van der Waals surface area (Å²) < 4.78 is 9.40. The number of carbonyl (C=O) groups excluding carboxylic acids is 2. The predicted molar refractivity (Wildman–Crippen MR) is 60.2 cm³/mol. The predicted octanol–water partition coefficient (Wildman–Crippen LogP) is -1.10. The van der Waals surface area contributed by atoms with Gasteiger partial charge >= 0.3 is 11.9 Å². The number of esters is 2. The molecule has 0 aromatic rings. The SMILES string of the molecule is O=C1O[C@H]([C@@H](O)COC(=O)[C@@H]2CCCN2)C(O)=C1O. The summed E-state index contributed by atoms with van der Waals surface area (Å²) in [4.78, 5) is 22.5. The van der Waals surface area contributed by atoms with Gasteiger partial charge in [-0.05, 0) is 19.4 Å². The molecular weight excluding hydrogens is 258 g/mol. The Labute approximate surface area is 108 Å². The minimum Gasteiger partial charge on any atom is -0.505 e. The lowest BCUT2D eigenvalue weighted by molar-refractivity contribution is -0.155. The van der Waals surface area contributed by atoms with Crippen molar-refractivity contribution in [3.05, 3.63) is 11.5 Å². The molecule has 0 spiro atoms. The number of hydrogen-bond acceptors (Lipinski definition) is 8. The number of ether oxygens (including phenoxy) is 2. The van der Waals surface area contributed by atoms with Crippen LogP contribution in [0.4, 0.5) is 0 Å². The molecular formula is C11H15NO7. The third-order valence-corrected chi connectivity index (χ3v) is 3.03. The minimum absolute atomic E-state index is 0.393. The van der Waals surface area contributed by atoms with Gasteiger partial charge in [0.05, 0.1) is 0 Å². The lowest BCUT2D eigenvalue weighted by atomic mass is 10.2.